The number of anilines is 2. The fourth-order valence-electron chi connectivity index (χ4n) is 7.26. The first-order chi connectivity index (χ1) is 23.1. The Morgan fingerprint density at radius 2 is 1.92 bits per heavy atom. The van der Waals surface area contributed by atoms with E-state index >= 15 is 8.78 Å². The standard InChI is InChI=1S/C29H31F2N5OS.C9H18O/c1-6-14(3)22(24-17(10-32)28(33)38-27(24)21(30)7-2)23-20-13-37-12-19(20)18-11-34-29(35-26(18)25(23)31)36-9-8-15(4)16(36)5;1-3-4-9-5-8(2)6-10-7-9/h7,11,15-16H,6,8-9,12-13,33H2,1-5H3;8-9H,3-7H2,1-2H3/b21-7+,22-14+;/t15-,16-;/m0./s1. The normalized spacial score (nSPS) is 23.1. The van der Waals surface area contributed by atoms with Crippen molar-refractivity contribution in [3.63, 3.8) is 0 Å². The van der Waals surface area contributed by atoms with Gasteiger partial charge in [0.2, 0.25) is 5.95 Å². The molecule has 3 aromatic rings. The molecule has 2 unspecified atom stereocenters. The molecule has 10 heteroatoms. The summed E-state index contributed by atoms with van der Waals surface area (Å²) in [5, 5.41) is 10.8. The molecule has 5 heterocycles. The third-order valence-corrected chi connectivity index (χ3v) is 11.3. The predicted octanol–water partition coefficient (Wildman–Crippen LogP) is 9.57. The van der Waals surface area contributed by atoms with Gasteiger partial charge in [0.1, 0.15) is 22.4 Å². The van der Waals surface area contributed by atoms with Crippen molar-refractivity contribution in [3.8, 4) is 6.07 Å². The number of nitriles is 1. The minimum absolute atomic E-state index is 0.153. The van der Waals surface area contributed by atoms with Crippen LogP contribution < -0.4 is 10.6 Å². The summed E-state index contributed by atoms with van der Waals surface area (Å²) >= 11 is 1.00. The van der Waals surface area contributed by atoms with Crippen LogP contribution in [0.3, 0.4) is 0 Å². The van der Waals surface area contributed by atoms with Crippen LogP contribution in [0.1, 0.15) is 113 Å². The number of aromatic nitrogens is 2. The summed E-state index contributed by atoms with van der Waals surface area (Å²) in [5.41, 5.74) is 9.97. The first-order valence-corrected chi connectivity index (χ1v) is 18.1. The zero-order valence-corrected chi connectivity index (χ0v) is 30.2. The first-order valence-electron chi connectivity index (χ1n) is 17.3. The Morgan fingerprint density at radius 1 is 1.17 bits per heavy atom. The lowest BCUT2D eigenvalue weighted by Gasteiger charge is -2.26. The fourth-order valence-corrected chi connectivity index (χ4v) is 8.25. The molecule has 0 aliphatic carbocycles. The summed E-state index contributed by atoms with van der Waals surface area (Å²) in [6.07, 6.45) is 8.65. The second-order valence-corrected chi connectivity index (χ2v) is 14.7. The Morgan fingerprint density at radius 3 is 2.54 bits per heavy atom. The van der Waals surface area contributed by atoms with Crippen molar-refractivity contribution < 1.29 is 18.3 Å². The highest BCUT2D eigenvalue weighted by atomic mass is 32.1. The second kappa shape index (κ2) is 15.4. The van der Waals surface area contributed by atoms with Crippen LogP contribution in [0.2, 0.25) is 0 Å². The van der Waals surface area contributed by atoms with Crippen molar-refractivity contribution in [1.82, 2.24) is 9.97 Å². The molecule has 6 rings (SSSR count). The van der Waals surface area contributed by atoms with Crippen LogP contribution in [0.4, 0.5) is 19.7 Å². The number of hydrogen-bond donors (Lipinski definition) is 1. The van der Waals surface area contributed by atoms with Gasteiger partial charge in [0, 0.05) is 48.5 Å². The molecule has 0 radical (unpaired) electrons. The maximum atomic E-state index is 16.8. The minimum atomic E-state index is -0.518. The number of allylic oxidation sites excluding steroid dienone is 2. The summed E-state index contributed by atoms with van der Waals surface area (Å²) in [4.78, 5) is 11.7. The molecule has 7 nitrogen and oxygen atoms in total. The van der Waals surface area contributed by atoms with Gasteiger partial charge in [0.25, 0.3) is 0 Å². The average molecular weight is 678 g/mol. The zero-order valence-electron chi connectivity index (χ0n) is 29.4. The van der Waals surface area contributed by atoms with Crippen LogP contribution >= 0.6 is 11.3 Å². The molecule has 258 valence electrons. The zero-order chi connectivity index (χ0) is 34.7. The molecular formula is C38H49F2N5O2S. The summed E-state index contributed by atoms with van der Waals surface area (Å²) in [6.45, 7) is 17.6. The number of nitrogen functional groups attached to an aromatic ring is 1. The molecule has 3 aliphatic heterocycles. The Kier molecular flexibility index (Phi) is 11.5. The Balaban J connectivity index is 0.000000387. The molecule has 2 aromatic heterocycles. The van der Waals surface area contributed by atoms with Crippen LogP contribution in [0, 0.1) is 34.9 Å². The first kappa shape index (κ1) is 35.9. The van der Waals surface area contributed by atoms with Crippen LogP contribution in [-0.2, 0) is 22.7 Å². The topological polar surface area (TPSA) is 97.3 Å². The molecule has 0 saturated carbocycles. The van der Waals surface area contributed by atoms with Gasteiger partial charge in [-0.05, 0) is 80.9 Å². The molecule has 1 aromatic carbocycles. The van der Waals surface area contributed by atoms with Crippen molar-refractivity contribution in [3.05, 3.63) is 56.4 Å². The summed E-state index contributed by atoms with van der Waals surface area (Å²) in [6, 6.07) is 2.38. The summed E-state index contributed by atoms with van der Waals surface area (Å²) in [5.74, 6) is 1.61. The smallest absolute Gasteiger partial charge is 0.226 e. The van der Waals surface area contributed by atoms with Crippen molar-refractivity contribution in [2.75, 3.05) is 30.4 Å². The Labute approximate surface area is 287 Å². The van der Waals surface area contributed by atoms with Crippen LogP contribution in [0.15, 0.2) is 17.8 Å². The predicted molar refractivity (Wildman–Crippen MR) is 192 cm³/mol. The number of nitrogens with zero attached hydrogens (tertiary/aromatic N) is 4. The van der Waals surface area contributed by atoms with Gasteiger partial charge in [-0.1, -0.05) is 45.8 Å². The maximum Gasteiger partial charge on any atom is 0.226 e. The number of fused-ring (bicyclic) bond motifs is 3. The number of ether oxygens (including phenoxy) is 2. The van der Waals surface area contributed by atoms with E-state index in [1.54, 1.807) is 13.1 Å². The Bertz CT molecular complexity index is 1760. The number of thiophene rings is 1. The van der Waals surface area contributed by atoms with Crippen molar-refractivity contribution in [1.29, 1.82) is 5.26 Å². The van der Waals surface area contributed by atoms with Gasteiger partial charge in [0.15, 0.2) is 5.82 Å². The summed E-state index contributed by atoms with van der Waals surface area (Å²) < 4.78 is 43.3. The molecule has 0 spiro atoms. The van der Waals surface area contributed by atoms with Gasteiger partial charge >= 0.3 is 0 Å². The van der Waals surface area contributed by atoms with Gasteiger partial charge < -0.3 is 20.1 Å². The third kappa shape index (κ3) is 6.87. The molecule has 2 saturated heterocycles. The van der Waals surface area contributed by atoms with Crippen LogP contribution in [-0.4, -0.2) is 35.8 Å². The highest BCUT2D eigenvalue weighted by Crippen LogP contribution is 2.47. The van der Waals surface area contributed by atoms with Crippen LogP contribution in [0.25, 0.3) is 22.3 Å². The molecule has 0 bridgehead atoms. The lowest BCUT2D eigenvalue weighted by atomic mass is 9.85. The number of benzene rings is 1. The molecule has 2 fully saturated rings. The van der Waals surface area contributed by atoms with Gasteiger partial charge in [-0.15, -0.1) is 11.3 Å². The van der Waals surface area contributed by atoms with E-state index in [-0.39, 0.29) is 33.6 Å². The monoisotopic (exact) mass is 677 g/mol. The molecule has 48 heavy (non-hydrogen) atoms. The van der Waals surface area contributed by atoms with Crippen molar-refractivity contribution in [2.45, 2.75) is 99.8 Å². The largest absolute Gasteiger partial charge is 0.389 e. The third-order valence-electron chi connectivity index (χ3n) is 10.2. The van der Waals surface area contributed by atoms with Gasteiger partial charge in [0.05, 0.1) is 23.7 Å². The van der Waals surface area contributed by atoms with E-state index in [4.69, 9.17) is 20.2 Å². The van der Waals surface area contributed by atoms with E-state index in [1.165, 1.54) is 25.3 Å². The average Bonchev–Trinajstić information content (AvgIpc) is 3.79. The van der Waals surface area contributed by atoms with Gasteiger partial charge in [-0.25, -0.2) is 18.7 Å². The quantitative estimate of drug-likeness (QED) is 0.266. The van der Waals surface area contributed by atoms with Crippen molar-refractivity contribution >= 4 is 44.6 Å². The minimum Gasteiger partial charge on any atom is -0.389 e. The van der Waals surface area contributed by atoms with E-state index in [1.807, 2.05) is 13.8 Å². The number of rotatable bonds is 7. The highest BCUT2D eigenvalue weighted by molar-refractivity contribution is 7.17. The fraction of sp³-hybridized carbons (Fsp3) is 0.553. The maximum absolute atomic E-state index is 16.8. The van der Waals surface area contributed by atoms with Crippen molar-refractivity contribution in [2.24, 2.45) is 17.8 Å². The van der Waals surface area contributed by atoms with Gasteiger partial charge in [-0.3, -0.25) is 0 Å². The van der Waals surface area contributed by atoms with E-state index in [0.29, 0.717) is 52.5 Å². The van der Waals surface area contributed by atoms with E-state index in [2.05, 4.69) is 43.6 Å². The SMILES string of the molecule is C/C=C(/F)c1sc(N)c(C#N)c1/C(=C(\C)CC)c1c2c(c3cnc(N4CC[C@H](C)[C@@H]4C)nc3c1F)COC2.CCCC1COCC(C)C1. The lowest BCUT2D eigenvalue weighted by molar-refractivity contribution is 0.0182. The Hall–Kier alpha value is -3.39. The van der Waals surface area contributed by atoms with Gasteiger partial charge in [-0.2, -0.15) is 5.26 Å². The molecular weight excluding hydrogens is 629 g/mol. The molecule has 3 aliphatic rings. The lowest BCUT2D eigenvalue weighted by Crippen LogP contribution is -2.30. The number of nitrogens with two attached hydrogens (primary N) is 1. The highest BCUT2D eigenvalue weighted by Gasteiger charge is 2.34. The van der Waals surface area contributed by atoms with E-state index in [9.17, 15) is 5.26 Å². The molecule has 2 N–H and O–H groups in total. The van der Waals surface area contributed by atoms with E-state index < -0.39 is 11.6 Å². The second-order valence-electron chi connectivity index (χ2n) is 13.6. The van der Waals surface area contributed by atoms with Crippen LogP contribution in [0.5, 0.6) is 0 Å². The summed E-state index contributed by atoms with van der Waals surface area (Å²) in [7, 11) is 0. The molecule has 0 amide bonds. The number of halogens is 2. The molecule has 4 atom stereocenters. The van der Waals surface area contributed by atoms with E-state index in [0.717, 1.165) is 60.5 Å². The number of hydrogen-bond acceptors (Lipinski definition) is 8.